The lowest BCUT2D eigenvalue weighted by molar-refractivity contribution is 0.238. The summed E-state index contributed by atoms with van der Waals surface area (Å²) in [5.41, 5.74) is 5.25. The molecule has 2 aromatic carbocycles. The first-order valence-corrected chi connectivity index (χ1v) is 8.04. The molecule has 25 heavy (non-hydrogen) atoms. The third-order valence-electron chi connectivity index (χ3n) is 3.66. The topological polar surface area (TPSA) is 85.8 Å². The Bertz CT molecular complexity index is 808. The van der Waals surface area contributed by atoms with Gasteiger partial charge in [0.05, 0.1) is 17.4 Å². The van der Waals surface area contributed by atoms with Crippen LogP contribution in [0, 0.1) is 0 Å². The molecule has 1 heterocycles. The first-order valence-electron chi connectivity index (χ1n) is 7.64. The van der Waals surface area contributed by atoms with Crippen LogP contribution in [0.1, 0.15) is 12.5 Å². The molecule has 0 saturated heterocycles. The third-order valence-corrected chi connectivity index (χ3v) is 4.07. The van der Waals surface area contributed by atoms with Crippen LogP contribution in [-0.2, 0) is 0 Å². The molecule has 0 bridgehead atoms. The van der Waals surface area contributed by atoms with Gasteiger partial charge in [0.2, 0.25) is 0 Å². The molecule has 8 heteroatoms. The molecule has 0 spiro atoms. The van der Waals surface area contributed by atoms with Crippen LogP contribution in [-0.4, -0.2) is 23.8 Å². The molecule has 3 N–H and O–H groups in total. The number of hydrogen-bond donors (Lipinski definition) is 4. The summed E-state index contributed by atoms with van der Waals surface area (Å²) in [4.78, 5) is 23.5. The van der Waals surface area contributed by atoms with Crippen molar-refractivity contribution < 1.29 is 9.59 Å². The SMILES string of the molecule is CC1NC(=O)NN=C1c1ccc(N(S)C(=O)Nc2ccccc2)cc1. The van der Waals surface area contributed by atoms with Crippen LogP contribution in [0.25, 0.3) is 0 Å². The van der Waals surface area contributed by atoms with Gasteiger partial charge >= 0.3 is 12.1 Å². The standard InChI is InChI=1S/C17H17N5O2S/c1-11-15(20-21-16(23)18-11)12-7-9-14(10-8-12)22(25)17(24)19-13-5-3-2-4-6-13/h2-11,25H,1H3,(H,19,24)(H2,18,21,23). The van der Waals surface area contributed by atoms with Crippen LogP contribution in [0.5, 0.6) is 0 Å². The van der Waals surface area contributed by atoms with E-state index in [-0.39, 0.29) is 18.1 Å². The van der Waals surface area contributed by atoms with Gasteiger partial charge in [0, 0.05) is 11.3 Å². The van der Waals surface area contributed by atoms with Crippen LogP contribution in [0.15, 0.2) is 59.7 Å². The Hall–Kier alpha value is -3.00. The van der Waals surface area contributed by atoms with E-state index in [2.05, 4.69) is 34.0 Å². The average Bonchev–Trinajstić information content (AvgIpc) is 2.62. The number of nitrogens with zero attached hydrogens (tertiary/aromatic N) is 2. The third kappa shape index (κ3) is 3.92. The fraction of sp³-hybridized carbons (Fsp3) is 0.118. The number of hydrazone groups is 1. The van der Waals surface area contributed by atoms with Crippen molar-refractivity contribution in [3.63, 3.8) is 0 Å². The molecule has 1 aliphatic heterocycles. The van der Waals surface area contributed by atoms with Crippen molar-refractivity contribution in [2.24, 2.45) is 5.10 Å². The molecule has 1 aliphatic rings. The molecule has 128 valence electrons. The quantitative estimate of drug-likeness (QED) is 0.638. The maximum atomic E-state index is 12.2. The largest absolute Gasteiger partial charge is 0.336 e. The zero-order valence-electron chi connectivity index (χ0n) is 13.4. The normalized spacial score (nSPS) is 16.3. The molecular weight excluding hydrogens is 338 g/mol. The summed E-state index contributed by atoms with van der Waals surface area (Å²) in [5, 5.41) is 9.57. The van der Waals surface area contributed by atoms with Crippen molar-refractivity contribution >= 4 is 42.0 Å². The van der Waals surface area contributed by atoms with Gasteiger partial charge in [-0.15, -0.1) is 0 Å². The second-order valence-corrected chi connectivity index (χ2v) is 5.86. The molecule has 1 atom stereocenters. The van der Waals surface area contributed by atoms with Gasteiger partial charge in [-0.05, 0) is 31.2 Å². The van der Waals surface area contributed by atoms with Gasteiger partial charge in [0.15, 0.2) is 0 Å². The maximum absolute atomic E-state index is 12.2. The number of nitrogens with one attached hydrogen (secondary N) is 3. The van der Waals surface area contributed by atoms with E-state index in [0.717, 1.165) is 5.56 Å². The van der Waals surface area contributed by atoms with Gasteiger partial charge in [0.1, 0.15) is 0 Å². The molecule has 0 saturated carbocycles. The first kappa shape index (κ1) is 16.8. The lowest BCUT2D eigenvalue weighted by Crippen LogP contribution is -2.48. The van der Waals surface area contributed by atoms with E-state index in [1.807, 2.05) is 37.3 Å². The first-order chi connectivity index (χ1) is 12.0. The molecule has 2 aromatic rings. The van der Waals surface area contributed by atoms with E-state index in [1.54, 1.807) is 24.3 Å². The van der Waals surface area contributed by atoms with Crippen LogP contribution >= 0.6 is 12.8 Å². The van der Waals surface area contributed by atoms with E-state index in [9.17, 15) is 9.59 Å². The highest BCUT2D eigenvalue weighted by molar-refractivity contribution is 7.82. The monoisotopic (exact) mass is 355 g/mol. The van der Waals surface area contributed by atoms with Crippen molar-refractivity contribution in [1.82, 2.24) is 10.7 Å². The minimum Gasteiger partial charge on any atom is -0.328 e. The van der Waals surface area contributed by atoms with Gasteiger partial charge in [-0.25, -0.2) is 19.3 Å². The fourth-order valence-electron chi connectivity index (χ4n) is 2.41. The second-order valence-electron chi connectivity index (χ2n) is 5.46. The Balaban J connectivity index is 1.71. The summed E-state index contributed by atoms with van der Waals surface area (Å²) < 4.78 is 1.23. The number of hydrogen-bond acceptors (Lipinski definition) is 4. The molecule has 0 radical (unpaired) electrons. The van der Waals surface area contributed by atoms with Gasteiger partial charge < -0.3 is 10.6 Å². The number of rotatable bonds is 3. The highest BCUT2D eigenvalue weighted by Crippen LogP contribution is 2.20. The Kier molecular flexibility index (Phi) is 4.90. The molecule has 0 aromatic heterocycles. The number of anilines is 2. The maximum Gasteiger partial charge on any atom is 0.336 e. The minimum atomic E-state index is -0.361. The molecular formula is C17H17N5O2S. The number of urea groups is 2. The van der Waals surface area contributed by atoms with E-state index < -0.39 is 0 Å². The van der Waals surface area contributed by atoms with Crippen LogP contribution in [0.3, 0.4) is 0 Å². The van der Waals surface area contributed by atoms with Gasteiger partial charge in [-0.1, -0.05) is 43.1 Å². The highest BCUT2D eigenvalue weighted by Gasteiger charge is 2.20. The van der Waals surface area contributed by atoms with Crippen molar-refractivity contribution in [2.75, 3.05) is 9.62 Å². The van der Waals surface area contributed by atoms with Crippen molar-refractivity contribution in [1.29, 1.82) is 0 Å². The summed E-state index contributed by atoms with van der Waals surface area (Å²) in [5.74, 6) is 0. The van der Waals surface area contributed by atoms with E-state index in [4.69, 9.17) is 0 Å². The number of para-hydroxylation sites is 1. The van der Waals surface area contributed by atoms with Crippen LogP contribution in [0.4, 0.5) is 21.0 Å². The highest BCUT2D eigenvalue weighted by atomic mass is 32.1. The number of amides is 4. The fourth-order valence-corrected chi connectivity index (χ4v) is 2.59. The number of thiol groups is 1. The lowest BCUT2D eigenvalue weighted by atomic mass is 10.0. The van der Waals surface area contributed by atoms with Gasteiger partial charge in [-0.3, -0.25) is 0 Å². The summed E-state index contributed by atoms with van der Waals surface area (Å²) in [6.45, 7) is 1.85. The van der Waals surface area contributed by atoms with Crippen LogP contribution in [0.2, 0.25) is 0 Å². The van der Waals surface area contributed by atoms with Gasteiger partial charge in [-0.2, -0.15) is 5.10 Å². The smallest absolute Gasteiger partial charge is 0.328 e. The molecule has 3 rings (SSSR count). The number of carbonyl (C=O) groups excluding carboxylic acids is 2. The Morgan fingerprint density at radius 2 is 1.84 bits per heavy atom. The molecule has 0 fully saturated rings. The molecule has 0 aliphatic carbocycles. The predicted octanol–water partition coefficient (Wildman–Crippen LogP) is 2.98. The lowest BCUT2D eigenvalue weighted by Gasteiger charge is -2.22. The molecule has 4 amide bonds. The predicted molar refractivity (Wildman–Crippen MR) is 101 cm³/mol. The Morgan fingerprint density at radius 3 is 2.48 bits per heavy atom. The van der Waals surface area contributed by atoms with Crippen LogP contribution < -0.4 is 20.4 Å². The molecule has 7 nitrogen and oxygen atoms in total. The summed E-state index contributed by atoms with van der Waals surface area (Å²) in [7, 11) is 0. The Labute approximate surface area is 150 Å². The summed E-state index contributed by atoms with van der Waals surface area (Å²) >= 11 is 4.26. The molecule has 1 unspecified atom stereocenters. The van der Waals surface area contributed by atoms with Crippen molar-refractivity contribution in [3.05, 3.63) is 60.2 Å². The van der Waals surface area contributed by atoms with Gasteiger partial charge in [0.25, 0.3) is 0 Å². The summed E-state index contributed by atoms with van der Waals surface area (Å²) in [6, 6.07) is 15.4. The Morgan fingerprint density at radius 1 is 1.16 bits per heavy atom. The minimum absolute atomic E-state index is 0.201. The number of benzene rings is 2. The second kappa shape index (κ2) is 7.27. The zero-order valence-corrected chi connectivity index (χ0v) is 14.3. The van der Waals surface area contributed by atoms with Crippen molar-refractivity contribution in [2.45, 2.75) is 13.0 Å². The van der Waals surface area contributed by atoms with E-state index in [1.165, 1.54) is 4.31 Å². The van der Waals surface area contributed by atoms with E-state index in [0.29, 0.717) is 17.1 Å². The average molecular weight is 355 g/mol. The van der Waals surface area contributed by atoms with E-state index >= 15 is 0 Å². The van der Waals surface area contributed by atoms with Crippen molar-refractivity contribution in [3.8, 4) is 0 Å². The summed E-state index contributed by atoms with van der Waals surface area (Å²) in [6.07, 6.45) is 0. The number of carbonyl (C=O) groups is 2. The zero-order chi connectivity index (χ0) is 17.8.